The van der Waals surface area contributed by atoms with Crippen molar-refractivity contribution in [2.45, 2.75) is 13.3 Å². The number of carbonyl (C=O) groups is 1. The molecule has 0 fully saturated rings. The molecular formula is C4H9NO3S. The van der Waals surface area contributed by atoms with Crippen LogP contribution < -0.4 is 4.72 Å². The average molecular weight is 151 g/mol. The van der Waals surface area contributed by atoms with Crippen molar-refractivity contribution in [3.05, 3.63) is 0 Å². The molecule has 0 atom stereocenters. The van der Waals surface area contributed by atoms with Gasteiger partial charge >= 0.3 is 0 Å². The summed E-state index contributed by atoms with van der Waals surface area (Å²) in [5.41, 5.74) is 0. The molecule has 9 heavy (non-hydrogen) atoms. The van der Waals surface area contributed by atoms with Crippen molar-refractivity contribution in [3.63, 3.8) is 0 Å². The van der Waals surface area contributed by atoms with E-state index in [-0.39, 0.29) is 6.42 Å². The lowest BCUT2D eigenvalue weighted by atomic mass is 10.5. The Morgan fingerprint density at radius 1 is 1.56 bits per heavy atom. The normalized spacial score (nSPS) is 10.9. The van der Waals surface area contributed by atoms with E-state index in [9.17, 15) is 13.2 Å². The molecule has 0 unspecified atom stereocenters. The van der Waals surface area contributed by atoms with Crippen LogP contribution in [0.1, 0.15) is 13.3 Å². The van der Waals surface area contributed by atoms with Gasteiger partial charge in [-0.05, 0) is 0 Å². The lowest BCUT2D eigenvalue weighted by Gasteiger charge is -1.96. The molecule has 0 aliphatic rings. The fraction of sp³-hybridized carbons (Fsp3) is 0.750. The predicted molar refractivity (Wildman–Crippen MR) is 33.3 cm³/mol. The second-order valence-electron chi connectivity index (χ2n) is 1.65. The minimum atomic E-state index is -3.33. The van der Waals surface area contributed by atoms with E-state index >= 15 is 0 Å². The summed E-state index contributed by atoms with van der Waals surface area (Å²) in [6.45, 7) is 1.58. The fourth-order valence-corrected chi connectivity index (χ4v) is 0.837. The zero-order valence-corrected chi connectivity index (χ0v) is 6.16. The summed E-state index contributed by atoms with van der Waals surface area (Å²) in [5, 5.41) is 0. The largest absolute Gasteiger partial charge is 0.274 e. The Labute approximate surface area is 54.3 Å². The number of amides is 1. The third-order valence-corrected chi connectivity index (χ3v) is 1.22. The Kier molecular flexibility index (Phi) is 2.64. The first kappa shape index (κ1) is 8.42. The first-order valence-electron chi connectivity index (χ1n) is 2.46. The third kappa shape index (κ3) is 5.29. The van der Waals surface area contributed by atoms with E-state index in [1.807, 2.05) is 0 Å². The molecule has 0 heterocycles. The summed E-state index contributed by atoms with van der Waals surface area (Å²) in [4.78, 5) is 10.3. The standard InChI is InChI=1S/C4H9NO3S/c1-3-4(6)5-9(2,7)8/h3H2,1-2H3,(H,5,6). The van der Waals surface area contributed by atoms with E-state index in [2.05, 4.69) is 0 Å². The van der Waals surface area contributed by atoms with E-state index in [1.165, 1.54) is 0 Å². The first-order chi connectivity index (χ1) is 3.95. The molecule has 0 aliphatic carbocycles. The van der Waals surface area contributed by atoms with Gasteiger partial charge in [0.2, 0.25) is 15.9 Å². The topological polar surface area (TPSA) is 63.2 Å². The summed E-state index contributed by atoms with van der Waals surface area (Å²) >= 11 is 0. The minimum Gasteiger partial charge on any atom is -0.274 e. The first-order valence-corrected chi connectivity index (χ1v) is 4.35. The van der Waals surface area contributed by atoms with Gasteiger partial charge in [-0.3, -0.25) is 9.52 Å². The fourth-order valence-electron chi connectivity index (χ4n) is 0.279. The number of sulfonamides is 1. The highest BCUT2D eigenvalue weighted by molar-refractivity contribution is 7.89. The number of rotatable bonds is 2. The maximum Gasteiger partial charge on any atom is 0.233 e. The Hall–Kier alpha value is -0.580. The Morgan fingerprint density at radius 3 is 2.11 bits per heavy atom. The van der Waals surface area contributed by atoms with Crippen LogP contribution in [0.4, 0.5) is 0 Å². The van der Waals surface area contributed by atoms with Crippen LogP contribution in [0, 0.1) is 0 Å². The Bertz CT molecular complexity index is 194. The quantitative estimate of drug-likeness (QED) is 0.577. The number of nitrogens with one attached hydrogen (secondary N) is 1. The van der Waals surface area contributed by atoms with Crippen LogP contribution in [0.5, 0.6) is 0 Å². The van der Waals surface area contributed by atoms with Gasteiger partial charge in [0.15, 0.2) is 0 Å². The predicted octanol–water partition coefficient (Wildman–Crippen LogP) is -0.528. The summed E-state index contributed by atoms with van der Waals surface area (Å²) in [6.07, 6.45) is 1.13. The molecule has 0 saturated heterocycles. The van der Waals surface area contributed by atoms with E-state index in [4.69, 9.17) is 0 Å². The van der Waals surface area contributed by atoms with Crippen LogP contribution in [0.15, 0.2) is 0 Å². The van der Waals surface area contributed by atoms with Crippen LogP contribution in [-0.2, 0) is 14.8 Å². The van der Waals surface area contributed by atoms with Gasteiger partial charge in [-0.1, -0.05) is 6.92 Å². The second kappa shape index (κ2) is 2.82. The molecule has 0 aromatic heterocycles. The molecule has 54 valence electrons. The van der Waals surface area contributed by atoms with E-state index in [0.29, 0.717) is 0 Å². The van der Waals surface area contributed by atoms with Gasteiger partial charge in [0.1, 0.15) is 0 Å². The molecule has 5 heteroatoms. The van der Waals surface area contributed by atoms with Gasteiger partial charge in [0.25, 0.3) is 0 Å². The van der Waals surface area contributed by atoms with E-state index in [0.717, 1.165) is 6.26 Å². The highest BCUT2D eigenvalue weighted by Gasteiger charge is 2.03. The molecule has 0 saturated carbocycles. The van der Waals surface area contributed by atoms with Crippen molar-refractivity contribution < 1.29 is 13.2 Å². The zero-order valence-electron chi connectivity index (χ0n) is 5.34. The van der Waals surface area contributed by atoms with Gasteiger partial charge in [-0.2, -0.15) is 0 Å². The van der Waals surface area contributed by atoms with Crippen LogP contribution in [0.3, 0.4) is 0 Å². The van der Waals surface area contributed by atoms with Crippen LogP contribution >= 0.6 is 0 Å². The van der Waals surface area contributed by atoms with E-state index < -0.39 is 15.9 Å². The number of hydrogen-bond acceptors (Lipinski definition) is 3. The smallest absolute Gasteiger partial charge is 0.233 e. The Morgan fingerprint density at radius 2 is 2.00 bits per heavy atom. The summed E-state index contributed by atoms with van der Waals surface area (Å²) in [7, 11) is -3.33. The molecule has 0 aromatic rings. The van der Waals surface area contributed by atoms with Crippen LogP contribution in [0.25, 0.3) is 0 Å². The van der Waals surface area contributed by atoms with Crippen molar-refractivity contribution in [3.8, 4) is 0 Å². The van der Waals surface area contributed by atoms with Crippen LogP contribution in [-0.4, -0.2) is 20.6 Å². The molecule has 4 nitrogen and oxygen atoms in total. The SMILES string of the molecule is CCC(=O)NS(C)(=O)=O. The lowest BCUT2D eigenvalue weighted by Crippen LogP contribution is -2.28. The van der Waals surface area contributed by atoms with Gasteiger partial charge in [-0.25, -0.2) is 8.42 Å². The van der Waals surface area contributed by atoms with Crippen molar-refractivity contribution in [2.75, 3.05) is 6.26 Å². The Balaban J connectivity index is 3.91. The van der Waals surface area contributed by atoms with Crippen molar-refractivity contribution >= 4 is 15.9 Å². The zero-order chi connectivity index (χ0) is 7.49. The molecule has 0 aliphatic heterocycles. The molecule has 0 bridgehead atoms. The van der Waals surface area contributed by atoms with Gasteiger partial charge in [0.05, 0.1) is 6.26 Å². The lowest BCUT2D eigenvalue weighted by molar-refractivity contribution is -0.119. The molecule has 0 rings (SSSR count). The van der Waals surface area contributed by atoms with E-state index in [1.54, 1.807) is 11.6 Å². The number of hydrogen-bond donors (Lipinski definition) is 1. The van der Waals surface area contributed by atoms with Gasteiger partial charge in [0, 0.05) is 6.42 Å². The minimum absolute atomic E-state index is 0.188. The summed E-state index contributed by atoms with van der Waals surface area (Å²) < 4.78 is 22.3. The van der Waals surface area contributed by atoms with Gasteiger partial charge in [-0.15, -0.1) is 0 Å². The second-order valence-corrected chi connectivity index (χ2v) is 3.40. The number of carbonyl (C=O) groups excluding carboxylic acids is 1. The van der Waals surface area contributed by atoms with Crippen molar-refractivity contribution in [2.24, 2.45) is 0 Å². The highest BCUT2D eigenvalue weighted by atomic mass is 32.2. The molecule has 0 aromatic carbocycles. The molecular weight excluding hydrogens is 142 g/mol. The third-order valence-electron chi connectivity index (χ3n) is 0.620. The maximum absolute atomic E-state index is 10.3. The average Bonchev–Trinajstić information content (AvgIpc) is 1.62. The monoisotopic (exact) mass is 151 g/mol. The van der Waals surface area contributed by atoms with Crippen molar-refractivity contribution in [1.82, 2.24) is 4.72 Å². The highest BCUT2D eigenvalue weighted by Crippen LogP contribution is 1.78. The van der Waals surface area contributed by atoms with Gasteiger partial charge < -0.3 is 0 Å². The summed E-state index contributed by atoms with van der Waals surface area (Å²) in [5.74, 6) is -0.475. The molecule has 1 amide bonds. The van der Waals surface area contributed by atoms with Crippen LogP contribution in [0.2, 0.25) is 0 Å². The summed E-state index contributed by atoms with van der Waals surface area (Å²) in [6, 6.07) is 0. The van der Waals surface area contributed by atoms with Crippen molar-refractivity contribution in [1.29, 1.82) is 0 Å². The molecule has 0 radical (unpaired) electrons. The maximum atomic E-state index is 10.3. The molecule has 1 N–H and O–H groups in total. The molecule has 0 spiro atoms.